The van der Waals surface area contributed by atoms with Crippen LogP contribution in [0.3, 0.4) is 0 Å². The van der Waals surface area contributed by atoms with E-state index >= 15 is 0 Å². The molecule has 10 nitrogen and oxygen atoms in total. The minimum Gasteiger partial charge on any atom is -0.351 e. The van der Waals surface area contributed by atoms with Gasteiger partial charge in [-0.15, -0.1) is 0 Å². The first-order chi connectivity index (χ1) is 16.7. The molecule has 0 radical (unpaired) electrons. The zero-order valence-electron chi connectivity index (χ0n) is 19.0. The summed E-state index contributed by atoms with van der Waals surface area (Å²) in [4.78, 5) is 18.3. The lowest BCUT2D eigenvalue weighted by Gasteiger charge is -2.26. The van der Waals surface area contributed by atoms with Gasteiger partial charge in [0.1, 0.15) is 5.69 Å². The van der Waals surface area contributed by atoms with Gasteiger partial charge in [0.2, 0.25) is 11.9 Å². The third kappa shape index (κ3) is 4.97. The lowest BCUT2D eigenvalue weighted by molar-refractivity contribution is 0.410. The van der Waals surface area contributed by atoms with Crippen molar-refractivity contribution in [2.45, 2.75) is 50.2 Å². The zero-order valence-corrected chi connectivity index (χ0v) is 19.0. The largest absolute Gasteiger partial charge is 0.351 e. The molecule has 1 saturated carbocycles. The van der Waals surface area contributed by atoms with E-state index in [9.17, 15) is 0 Å². The van der Waals surface area contributed by atoms with Gasteiger partial charge in [-0.2, -0.15) is 10.1 Å². The monoisotopic (exact) mass is 458 g/mol. The fourth-order valence-corrected chi connectivity index (χ4v) is 4.41. The van der Waals surface area contributed by atoms with E-state index in [2.05, 4.69) is 47.9 Å². The minimum absolute atomic E-state index is 0.0173. The Morgan fingerprint density at radius 3 is 2.62 bits per heavy atom. The Kier molecular flexibility index (Phi) is 6.59. The van der Waals surface area contributed by atoms with Gasteiger partial charge in [-0.3, -0.25) is 5.10 Å². The van der Waals surface area contributed by atoms with E-state index in [1.165, 1.54) is 0 Å². The van der Waals surface area contributed by atoms with Gasteiger partial charge < -0.3 is 22.1 Å². The number of benzene rings is 1. The molecule has 7 N–H and O–H groups in total. The fourth-order valence-electron chi connectivity index (χ4n) is 4.41. The molecular weight excluding hydrogens is 428 g/mol. The molecule has 1 unspecified atom stereocenters. The van der Waals surface area contributed by atoms with Crippen molar-refractivity contribution in [2.75, 3.05) is 17.2 Å². The van der Waals surface area contributed by atoms with Crippen molar-refractivity contribution in [3.8, 4) is 11.4 Å². The van der Waals surface area contributed by atoms with Crippen molar-refractivity contribution in [1.82, 2.24) is 30.1 Å². The number of hydrogen-bond acceptors (Lipinski definition) is 9. The Balaban J connectivity index is 1.35. The Bertz CT molecular complexity index is 1220. The van der Waals surface area contributed by atoms with Gasteiger partial charge in [-0.1, -0.05) is 30.3 Å². The molecule has 4 aromatic rings. The summed E-state index contributed by atoms with van der Waals surface area (Å²) in [5.74, 6) is 1.12. The smallest absolute Gasteiger partial charge is 0.224 e. The van der Waals surface area contributed by atoms with Gasteiger partial charge in [0.15, 0.2) is 5.65 Å². The van der Waals surface area contributed by atoms with E-state index < -0.39 is 0 Å². The number of aromatic nitrogens is 6. The molecule has 1 aromatic carbocycles. The van der Waals surface area contributed by atoms with Gasteiger partial charge in [-0.05, 0) is 50.3 Å². The second kappa shape index (κ2) is 10.1. The van der Waals surface area contributed by atoms with E-state index in [1.807, 2.05) is 24.3 Å². The van der Waals surface area contributed by atoms with Crippen LogP contribution in [-0.4, -0.2) is 48.8 Å². The van der Waals surface area contributed by atoms with Crippen molar-refractivity contribution in [3.63, 3.8) is 0 Å². The van der Waals surface area contributed by atoms with Crippen molar-refractivity contribution in [3.05, 3.63) is 54.4 Å². The normalized spacial score (nSPS) is 19.1. The third-order valence-electron chi connectivity index (χ3n) is 6.28. The number of H-pyrrole nitrogens is 1. The number of aromatic amines is 1. The molecule has 1 aliphatic rings. The first kappa shape index (κ1) is 22.2. The molecule has 0 amide bonds. The van der Waals surface area contributed by atoms with Crippen molar-refractivity contribution in [1.29, 1.82) is 0 Å². The molecule has 1 atom stereocenters. The lowest BCUT2D eigenvalue weighted by Crippen LogP contribution is -2.33. The van der Waals surface area contributed by atoms with Gasteiger partial charge >= 0.3 is 0 Å². The number of hydrogen-bond donors (Lipinski definition) is 5. The second-order valence-corrected chi connectivity index (χ2v) is 8.73. The van der Waals surface area contributed by atoms with Crippen LogP contribution in [0.25, 0.3) is 22.4 Å². The molecule has 1 fully saturated rings. The molecule has 0 saturated heterocycles. The van der Waals surface area contributed by atoms with E-state index in [1.54, 1.807) is 12.4 Å². The standard InChI is InChI=1S/C24H30N10/c25-12-10-19(15-4-2-1-3-5-15)30-23-27-13-11-20(31-23)21-18-14-28-24(32-22(18)34-33-21)29-17-8-6-16(26)7-9-17/h1-5,11,13-14,16-17,19H,6-10,12,25-26H2,(H,27,30,31)(H2,28,29,32,33,34)/t16-,17-,19?. The maximum atomic E-state index is 6.01. The highest BCUT2D eigenvalue weighted by Gasteiger charge is 2.20. The summed E-state index contributed by atoms with van der Waals surface area (Å²) >= 11 is 0. The average molecular weight is 459 g/mol. The maximum absolute atomic E-state index is 6.01. The van der Waals surface area contributed by atoms with E-state index in [4.69, 9.17) is 16.5 Å². The van der Waals surface area contributed by atoms with Crippen molar-refractivity contribution < 1.29 is 0 Å². The zero-order chi connectivity index (χ0) is 23.3. The quantitative estimate of drug-likeness (QED) is 0.268. The van der Waals surface area contributed by atoms with Crippen LogP contribution in [0.4, 0.5) is 11.9 Å². The molecular formula is C24H30N10. The average Bonchev–Trinajstić information content (AvgIpc) is 3.29. The summed E-state index contributed by atoms with van der Waals surface area (Å²) in [5, 5.41) is 15.1. The summed E-state index contributed by atoms with van der Waals surface area (Å²) in [6.07, 6.45) is 8.38. The molecule has 0 bridgehead atoms. The summed E-state index contributed by atoms with van der Waals surface area (Å²) in [5.41, 5.74) is 15.0. The molecule has 3 aromatic heterocycles. The lowest BCUT2D eigenvalue weighted by atomic mass is 9.92. The SMILES string of the molecule is NCCC(Nc1nccc(-c2n[nH]c3nc(N[C@H]4CC[C@H](N)CC4)ncc23)n1)c1ccccc1. The maximum Gasteiger partial charge on any atom is 0.224 e. The minimum atomic E-state index is 0.0173. The van der Waals surface area contributed by atoms with Crippen LogP contribution in [0.15, 0.2) is 48.8 Å². The van der Waals surface area contributed by atoms with Gasteiger partial charge in [0.05, 0.1) is 17.1 Å². The summed E-state index contributed by atoms with van der Waals surface area (Å²) < 4.78 is 0. The molecule has 5 rings (SSSR count). The topological polar surface area (TPSA) is 156 Å². The predicted octanol–water partition coefficient (Wildman–Crippen LogP) is 2.99. The third-order valence-corrected chi connectivity index (χ3v) is 6.28. The van der Waals surface area contributed by atoms with Crippen molar-refractivity contribution in [2.24, 2.45) is 11.5 Å². The number of nitrogens with zero attached hydrogens (tertiary/aromatic N) is 5. The number of rotatable bonds is 8. The van der Waals surface area contributed by atoms with Crippen LogP contribution < -0.4 is 22.1 Å². The number of nitrogens with two attached hydrogens (primary N) is 2. The molecule has 10 heteroatoms. The predicted molar refractivity (Wildman–Crippen MR) is 133 cm³/mol. The molecule has 3 heterocycles. The fraction of sp³-hybridized carbons (Fsp3) is 0.375. The van der Waals surface area contributed by atoms with Crippen LogP contribution in [0, 0.1) is 0 Å². The molecule has 0 aliphatic heterocycles. The van der Waals surface area contributed by atoms with E-state index in [-0.39, 0.29) is 6.04 Å². The second-order valence-electron chi connectivity index (χ2n) is 8.73. The molecule has 1 aliphatic carbocycles. The summed E-state index contributed by atoms with van der Waals surface area (Å²) in [6.45, 7) is 0.553. The number of anilines is 2. The Labute approximate surface area is 198 Å². The first-order valence-corrected chi connectivity index (χ1v) is 11.8. The Morgan fingerprint density at radius 2 is 1.82 bits per heavy atom. The van der Waals surface area contributed by atoms with Crippen molar-refractivity contribution >= 4 is 22.9 Å². The summed E-state index contributed by atoms with van der Waals surface area (Å²) in [6, 6.07) is 12.7. The Hall–Kier alpha value is -3.63. The molecule has 176 valence electrons. The highest BCUT2D eigenvalue weighted by Crippen LogP contribution is 2.27. The number of nitrogens with one attached hydrogen (secondary N) is 3. The van der Waals surface area contributed by atoms with E-state index in [0.29, 0.717) is 47.6 Å². The highest BCUT2D eigenvalue weighted by atomic mass is 15.2. The summed E-state index contributed by atoms with van der Waals surface area (Å²) in [7, 11) is 0. The highest BCUT2D eigenvalue weighted by molar-refractivity contribution is 5.89. The van der Waals surface area contributed by atoms with Crippen LogP contribution in [0.2, 0.25) is 0 Å². The van der Waals surface area contributed by atoms with E-state index in [0.717, 1.165) is 43.1 Å². The van der Waals surface area contributed by atoms with Crippen LogP contribution in [0.5, 0.6) is 0 Å². The van der Waals surface area contributed by atoms with Gasteiger partial charge in [0, 0.05) is 24.5 Å². The Morgan fingerprint density at radius 1 is 1.00 bits per heavy atom. The number of fused-ring (bicyclic) bond motifs is 1. The van der Waals surface area contributed by atoms with Gasteiger partial charge in [-0.25, -0.2) is 15.0 Å². The van der Waals surface area contributed by atoms with Crippen LogP contribution >= 0.6 is 0 Å². The molecule has 0 spiro atoms. The van der Waals surface area contributed by atoms with Gasteiger partial charge in [0.25, 0.3) is 0 Å². The van der Waals surface area contributed by atoms with Crippen LogP contribution in [-0.2, 0) is 0 Å². The van der Waals surface area contributed by atoms with Crippen LogP contribution in [0.1, 0.15) is 43.7 Å². The molecule has 34 heavy (non-hydrogen) atoms. The first-order valence-electron chi connectivity index (χ1n) is 11.8.